The van der Waals surface area contributed by atoms with Crippen molar-refractivity contribution in [1.29, 1.82) is 0 Å². The van der Waals surface area contributed by atoms with Gasteiger partial charge in [0.1, 0.15) is 6.61 Å². The normalized spacial score (nSPS) is 11.6. The van der Waals surface area contributed by atoms with Gasteiger partial charge in [-0.3, -0.25) is 0 Å². The number of nitrogens with one attached hydrogen (secondary N) is 1. The van der Waals surface area contributed by atoms with Crippen LogP contribution in [-0.4, -0.2) is 30.3 Å². The number of carbonyl (C=O) groups excluding carboxylic acids is 1. The van der Waals surface area contributed by atoms with E-state index in [1.807, 2.05) is 24.3 Å². The number of amides is 1. The van der Waals surface area contributed by atoms with Crippen LogP contribution in [0.1, 0.15) is 33.0 Å². The number of carbonyl (C=O) groups is 2. The maximum Gasteiger partial charge on any atom is 0.407 e. The van der Waals surface area contributed by atoms with Crippen molar-refractivity contribution in [3.05, 3.63) is 94.0 Å². The van der Waals surface area contributed by atoms with E-state index in [1.54, 1.807) is 0 Å². The van der Waals surface area contributed by atoms with Gasteiger partial charge in [-0.05, 0) is 40.5 Å². The van der Waals surface area contributed by atoms with Gasteiger partial charge in [-0.25, -0.2) is 9.59 Å². The molecule has 0 spiro atoms. The molecule has 0 saturated carbocycles. The molecular formula is C25H18ClNO4. The SMILES string of the molecule is O=C(NCC#Cc1cc(C(=O)O)ccc1Cl)OCC1c2ccccc2-c2ccccc21. The van der Waals surface area contributed by atoms with Crippen molar-refractivity contribution in [2.24, 2.45) is 0 Å². The van der Waals surface area contributed by atoms with Crippen LogP contribution in [0.5, 0.6) is 0 Å². The smallest absolute Gasteiger partial charge is 0.407 e. The third-order valence-corrected chi connectivity index (χ3v) is 5.43. The Morgan fingerprint density at radius 3 is 2.29 bits per heavy atom. The summed E-state index contributed by atoms with van der Waals surface area (Å²) in [5.41, 5.74) is 5.10. The standard InChI is InChI=1S/C25H18ClNO4/c26-23-12-11-17(24(28)29)14-16(23)6-5-13-27-25(30)31-15-22-20-9-3-1-7-18(20)19-8-2-4-10-21(19)22/h1-4,7-12,14,22H,13,15H2,(H,27,30)(H,28,29). The van der Waals surface area contributed by atoms with E-state index in [0.717, 1.165) is 11.1 Å². The molecule has 3 aromatic carbocycles. The molecule has 2 N–H and O–H groups in total. The third kappa shape index (κ3) is 4.40. The molecule has 1 amide bonds. The molecule has 0 heterocycles. The third-order valence-electron chi connectivity index (χ3n) is 5.10. The fourth-order valence-corrected chi connectivity index (χ4v) is 3.82. The predicted octanol–water partition coefficient (Wildman–Crippen LogP) is 4.93. The van der Waals surface area contributed by atoms with Crippen molar-refractivity contribution < 1.29 is 19.4 Å². The van der Waals surface area contributed by atoms with Crippen molar-refractivity contribution in [3.63, 3.8) is 0 Å². The maximum absolute atomic E-state index is 12.1. The first kappa shape index (κ1) is 20.5. The zero-order valence-corrected chi connectivity index (χ0v) is 17.1. The Bertz CT molecular complexity index is 1180. The Balaban J connectivity index is 1.36. The van der Waals surface area contributed by atoms with Gasteiger partial charge >= 0.3 is 12.1 Å². The monoisotopic (exact) mass is 431 g/mol. The van der Waals surface area contributed by atoms with Crippen LogP contribution in [0.4, 0.5) is 4.79 Å². The lowest BCUT2D eigenvalue weighted by Gasteiger charge is -2.14. The van der Waals surface area contributed by atoms with E-state index in [-0.39, 0.29) is 24.6 Å². The number of halogens is 1. The Morgan fingerprint density at radius 1 is 1.00 bits per heavy atom. The van der Waals surface area contributed by atoms with Crippen molar-refractivity contribution in [2.75, 3.05) is 13.2 Å². The van der Waals surface area contributed by atoms with Gasteiger partial charge in [0.2, 0.25) is 0 Å². The molecule has 31 heavy (non-hydrogen) atoms. The molecule has 3 aromatic rings. The molecule has 5 nitrogen and oxygen atoms in total. The topological polar surface area (TPSA) is 75.6 Å². The van der Waals surface area contributed by atoms with Gasteiger partial charge < -0.3 is 15.2 Å². The van der Waals surface area contributed by atoms with E-state index >= 15 is 0 Å². The summed E-state index contributed by atoms with van der Waals surface area (Å²) in [6.45, 7) is 0.268. The Morgan fingerprint density at radius 2 is 1.65 bits per heavy atom. The molecule has 6 heteroatoms. The van der Waals surface area contributed by atoms with E-state index in [0.29, 0.717) is 10.6 Å². The van der Waals surface area contributed by atoms with Crippen LogP contribution in [0.3, 0.4) is 0 Å². The fraction of sp³-hybridized carbons (Fsp3) is 0.120. The van der Waals surface area contributed by atoms with E-state index in [1.165, 1.54) is 29.3 Å². The molecule has 0 aliphatic heterocycles. The van der Waals surface area contributed by atoms with Crippen LogP contribution >= 0.6 is 11.6 Å². The lowest BCUT2D eigenvalue weighted by molar-refractivity contribution is 0.0696. The van der Waals surface area contributed by atoms with Crippen LogP contribution in [0.15, 0.2) is 66.7 Å². The Hall–Kier alpha value is -3.75. The second-order valence-electron chi connectivity index (χ2n) is 6.98. The van der Waals surface area contributed by atoms with Crippen molar-refractivity contribution in [2.45, 2.75) is 5.92 Å². The van der Waals surface area contributed by atoms with Crippen molar-refractivity contribution in [1.82, 2.24) is 5.32 Å². The van der Waals surface area contributed by atoms with Gasteiger partial charge in [0.05, 0.1) is 17.1 Å². The highest BCUT2D eigenvalue weighted by molar-refractivity contribution is 6.31. The summed E-state index contributed by atoms with van der Waals surface area (Å²) < 4.78 is 5.44. The summed E-state index contributed by atoms with van der Waals surface area (Å²) in [5.74, 6) is 4.46. The molecule has 0 radical (unpaired) electrons. The number of hydrogen-bond acceptors (Lipinski definition) is 3. The minimum atomic E-state index is -1.06. The molecule has 1 aliphatic rings. The number of hydrogen-bond donors (Lipinski definition) is 2. The van der Waals surface area contributed by atoms with Gasteiger partial charge in [0, 0.05) is 11.5 Å². The van der Waals surface area contributed by atoms with Crippen molar-refractivity contribution in [3.8, 4) is 23.0 Å². The highest BCUT2D eigenvalue weighted by Crippen LogP contribution is 2.44. The summed E-state index contributed by atoms with van der Waals surface area (Å²) >= 11 is 6.04. The molecule has 1 aliphatic carbocycles. The summed E-state index contributed by atoms with van der Waals surface area (Å²) in [4.78, 5) is 23.2. The molecule has 0 atom stereocenters. The number of alkyl carbamates (subject to hydrolysis) is 1. The van der Waals surface area contributed by atoms with Crippen LogP contribution in [0.25, 0.3) is 11.1 Å². The zero-order chi connectivity index (χ0) is 21.8. The van der Waals surface area contributed by atoms with Gasteiger partial charge in [0.15, 0.2) is 0 Å². The second kappa shape index (κ2) is 8.95. The second-order valence-corrected chi connectivity index (χ2v) is 7.39. The van der Waals surface area contributed by atoms with E-state index in [2.05, 4.69) is 41.4 Å². The van der Waals surface area contributed by atoms with Gasteiger partial charge in [-0.1, -0.05) is 72.0 Å². The van der Waals surface area contributed by atoms with Crippen molar-refractivity contribution >= 4 is 23.7 Å². The Kier molecular flexibility index (Phi) is 5.92. The van der Waals surface area contributed by atoms with E-state index < -0.39 is 12.1 Å². The molecule has 154 valence electrons. The van der Waals surface area contributed by atoms with Crippen LogP contribution in [0.2, 0.25) is 5.02 Å². The quantitative estimate of drug-likeness (QED) is 0.574. The van der Waals surface area contributed by atoms with E-state index in [9.17, 15) is 9.59 Å². The first-order chi connectivity index (χ1) is 15.0. The average Bonchev–Trinajstić information content (AvgIpc) is 3.10. The predicted molar refractivity (Wildman–Crippen MR) is 118 cm³/mol. The largest absolute Gasteiger partial charge is 0.478 e. The minimum absolute atomic E-state index is 0.0122. The number of carboxylic acid groups (broad SMARTS) is 1. The summed E-state index contributed by atoms with van der Waals surface area (Å²) in [7, 11) is 0. The fourth-order valence-electron chi connectivity index (χ4n) is 3.66. The molecule has 0 saturated heterocycles. The van der Waals surface area contributed by atoms with Gasteiger partial charge in [-0.15, -0.1) is 0 Å². The average molecular weight is 432 g/mol. The minimum Gasteiger partial charge on any atom is -0.478 e. The molecule has 0 aromatic heterocycles. The molecule has 0 fully saturated rings. The van der Waals surface area contributed by atoms with Crippen LogP contribution in [0, 0.1) is 11.8 Å². The number of carboxylic acids is 1. The van der Waals surface area contributed by atoms with Gasteiger partial charge in [-0.2, -0.15) is 0 Å². The summed E-state index contributed by atoms with van der Waals surface area (Å²) in [6, 6.07) is 20.5. The highest BCUT2D eigenvalue weighted by Gasteiger charge is 2.28. The number of ether oxygens (including phenoxy) is 1. The number of fused-ring (bicyclic) bond motifs is 3. The maximum atomic E-state index is 12.1. The number of aromatic carboxylic acids is 1. The highest BCUT2D eigenvalue weighted by atomic mass is 35.5. The van der Waals surface area contributed by atoms with Crippen LogP contribution in [-0.2, 0) is 4.74 Å². The van der Waals surface area contributed by atoms with E-state index in [4.69, 9.17) is 21.4 Å². The lowest BCUT2D eigenvalue weighted by atomic mass is 9.98. The molecular weight excluding hydrogens is 414 g/mol. The molecule has 0 unspecified atom stereocenters. The van der Waals surface area contributed by atoms with Gasteiger partial charge in [0.25, 0.3) is 0 Å². The Labute approximate surface area is 184 Å². The zero-order valence-electron chi connectivity index (χ0n) is 16.4. The number of rotatable bonds is 4. The van der Waals surface area contributed by atoms with Crippen LogP contribution < -0.4 is 5.32 Å². The molecule has 4 rings (SSSR count). The first-order valence-electron chi connectivity index (χ1n) is 9.65. The number of benzene rings is 3. The lowest BCUT2D eigenvalue weighted by Crippen LogP contribution is -2.26. The summed E-state index contributed by atoms with van der Waals surface area (Å²) in [6.07, 6.45) is -0.568. The molecule has 0 bridgehead atoms. The summed E-state index contributed by atoms with van der Waals surface area (Å²) in [5, 5.41) is 12.0. The first-order valence-corrected chi connectivity index (χ1v) is 10.0.